The molecule has 0 bridgehead atoms. The molecule has 9 heteroatoms. The van der Waals surface area contributed by atoms with Crippen LogP contribution in [-0.4, -0.2) is 59.3 Å². The third-order valence-corrected chi connectivity index (χ3v) is 9.11. The molecule has 0 aliphatic carbocycles. The van der Waals surface area contributed by atoms with E-state index >= 15 is 0 Å². The first-order chi connectivity index (χ1) is 27.8. The Labute approximate surface area is 346 Å². The fourth-order valence-corrected chi connectivity index (χ4v) is 5.74. The van der Waals surface area contributed by atoms with E-state index in [0.29, 0.717) is 12.8 Å². The zero-order chi connectivity index (χ0) is 41.9. The highest BCUT2D eigenvalue weighted by Crippen LogP contribution is 2.15. The summed E-state index contributed by atoms with van der Waals surface area (Å²) in [7, 11) is 0. The van der Waals surface area contributed by atoms with Gasteiger partial charge >= 0.3 is 11.9 Å². The Bertz CT molecular complexity index is 1230. The predicted molar refractivity (Wildman–Crippen MR) is 236 cm³/mol. The summed E-state index contributed by atoms with van der Waals surface area (Å²) in [6.45, 7) is 3.30. The van der Waals surface area contributed by atoms with Crippen LogP contribution in [0.3, 0.4) is 0 Å². The maximum absolute atomic E-state index is 12.7. The minimum absolute atomic E-state index is 0.140. The van der Waals surface area contributed by atoms with Crippen molar-refractivity contribution in [1.29, 1.82) is 0 Å². The smallest absolute Gasteiger partial charge is 0.328 e. The second kappa shape index (κ2) is 41.6. The van der Waals surface area contributed by atoms with Crippen molar-refractivity contribution in [2.24, 2.45) is 0 Å². The summed E-state index contributed by atoms with van der Waals surface area (Å²) in [4.78, 5) is 47.5. The first kappa shape index (κ1) is 53.0. The fourth-order valence-electron chi connectivity index (χ4n) is 5.74. The summed E-state index contributed by atoms with van der Waals surface area (Å²) in [5.74, 6) is -2.44. The second-order valence-electron chi connectivity index (χ2n) is 14.4. The molecule has 0 aromatic heterocycles. The van der Waals surface area contributed by atoms with Gasteiger partial charge in [-0.05, 0) is 96.0 Å². The molecule has 9 nitrogen and oxygen atoms in total. The van der Waals surface area contributed by atoms with Crippen LogP contribution < -0.4 is 10.6 Å². The van der Waals surface area contributed by atoms with Crippen LogP contribution in [0.2, 0.25) is 0 Å². The van der Waals surface area contributed by atoms with Gasteiger partial charge in [0.2, 0.25) is 11.8 Å². The minimum Gasteiger partial charge on any atom is -0.480 e. The van der Waals surface area contributed by atoms with Crippen LogP contribution in [0.4, 0.5) is 0 Å². The van der Waals surface area contributed by atoms with Crippen molar-refractivity contribution in [3.8, 4) is 0 Å². The van der Waals surface area contributed by atoms with Gasteiger partial charge in [-0.15, -0.1) is 0 Å². The number of aliphatic hydroxyl groups excluding tert-OH is 1. The number of hydrogen-bond donors (Lipinski definition) is 4. The molecule has 0 aromatic rings. The third-order valence-electron chi connectivity index (χ3n) is 9.11. The van der Waals surface area contributed by atoms with Crippen LogP contribution in [0.15, 0.2) is 85.1 Å². The van der Waals surface area contributed by atoms with E-state index in [0.717, 1.165) is 109 Å². The second-order valence-corrected chi connectivity index (χ2v) is 14.4. The number of rotatable bonds is 38. The SMILES string of the molecule is CC/C=C\C/C=C\C/C=C\C/C=C\C/C=C\C/C=C\CCCCCCC(=O)OC(/C=C\CCCCCCC)CCCCCCC(=O)NCC(=O)NC(CO)C(=O)O. The summed E-state index contributed by atoms with van der Waals surface area (Å²) in [5, 5.41) is 22.5. The number of carbonyl (C=O) groups is 4. The molecular formula is C48H78N2O7. The fraction of sp³-hybridized carbons (Fsp3) is 0.625. The van der Waals surface area contributed by atoms with Crippen molar-refractivity contribution < 1.29 is 34.1 Å². The average Bonchev–Trinajstić information content (AvgIpc) is 3.20. The maximum atomic E-state index is 12.7. The molecule has 0 saturated carbocycles. The van der Waals surface area contributed by atoms with Crippen molar-refractivity contribution in [3.05, 3.63) is 85.1 Å². The Hall–Kier alpha value is -3.98. The highest BCUT2D eigenvalue weighted by Gasteiger charge is 2.18. The first-order valence-electron chi connectivity index (χ1n) is 22.0. The number of carboxylic acid groups (broad SMARTS) is 1. The third kappa shape index (κ3) is 38.7. The van der Waals surface area contributed by atoms with Crippen molar-refractivity contribution in [2.45, 2.75) is 180 Å². The van der Waals surface area contributed by atoms with E-state index < -0.39 is 24.5 Å². The molecule has 4 N–H and O–H groups in total. The molecule has 0 radical (unpaired) electrons. The Morgan fingerprint density at radius 3 is 1.60 bits per heavy atom. The maximum Gasteiger partial charge on any atom is 0.328 e. The van der Waals surface area contributed by atoms with Gasteiger partial charge in [0.1, 0.15) is 12.1 Å². The molecule has 2 atom stereocenters. The number of aliphatic hydroxyl groups is 1. The molecule has 57 heavy (non-hydrogen) atoms. The van der Waals surface area contributed by atoms with E-state index in [1.54, 1.807) is 0 Å². The van der Waals surface area contributed by atoms with E-state index in [1.165, 1.54) is 25.7 Å². The van der Waals surface area contributed by atoms with E-state index in [4.69, 9.17) is 14.9 Å². The molecule has 0 aromatic carbocycles. The number of nitrogens with one attached hydrogen (secondary N) is 2. The highest BCUT2D eigenvalue weighted by atomic mass is 16.5. The van der Waals surface area contributed by atoms with Gasteiger partial charge in [0.05, 0.1) is 13.2 Å². The van der Waals surface area contributed by atoms with Crippen molar-refractivity contribution in [3.63, 3.8) is 0 Å². The Kier molecular flexibility index (Phi) is 38.7. The standard InChI is InChI=1S/C48H78N2O7/c1-3-5-7-9-11-12-13-14-15-16-17-18-19-20-21-22-23-24-25-26-28-30-36-40-47(54)57-43(37-33-29-27-10-8-6-4-2)38-34-31-32-35-39-45(52)49-41-46(53)50-44(42-51)48(55)56/h5,7,11-12,14-15,17-18,20-21,23-24,33,37,43-44,51H,3-4,6,8-10,13,16,19,22,25-32,34-36,38-42H2,1-2H3,(H,49,52)(H,50,53)(H,55,56)/b7-5-,12-11-,15-14-,18-17-,21-20-,24-23-,37-33-. The van der Waals surface area contributed by atoms with E-state index in [-0.39, 0.29) is 30.9 Å². The molecule has 322 valence electrons. The van der Waals surface area contributed by atoms with Crippen molar-refractivity contribution in [1.82, 2.24) is 10.6 Å². The molecule has 0 saturated heterocycles. The minimum atomic E-state index is -1.40. The Morgan fingerprint density at radius 1 is 0.561 bits per heavy atom. The number of hydrogen-bond acceptors (Lipinski definition) is 6. The number of carboxylic acids is 1. The quantitative estimate of drug-likeness (QED) is 0.0277. The lowest BCUT2D eigenvalue weighted by Gasteiger charge is -2.15. The summed E-state index contributed by atoms with van der Waals surface area (Å²) in [6.07, 6.45) is 53.5. The highest BCUT2D eigenvalue weighted by molar-refractivity contribution is 5.87. The molecule has 0 heterocycles. The lowest BCUT2D eigenvalue weighted by atomic mass is 10.1. The lowest BCUT2D eigenvalue weighted by molar-refractivity contribution is -0.147. The van der Waals surface area contributed by atoms with Crippen LogP contribution in [0, 0.1) is 0 Å². The summed E-state index contributed by atoms with van der Waals surface area (Å²) < 4.78 is 5.89. The lowest BCUT2D eigenvalue weighted by Crippen LogP contribution is -2.47. The molecule has 0 aliphatic heterocycles. The monoisotopic (exact) mass is 795 g/mol. The van der Waals surface area contributed by atoms with Gasteiger partial charge in [0, 0.05) is 12.8 Å². The van der Waals surface area contributed by atoms with Gasteiger partial charge in [-0.3, -0.25) is 14.4 Å². The van der Waals surface area contributed by atoms with Gasteiger partial charge in [-0.1, -0.05) is 144 Å². The first-order valence-corrected chi connectivity index (χ1v) is 22.0. The molecule has 0 rings (SSSR count). The van der Waals surface area contributed by atoms with Crippen molar-refractivity contribution >= 4 is 23.8 Å². The van der Waals surface area contributed by atoms with Crippen LogP contribution in [0.1, 0.15) is 168 Å². The van der Waals surface area contributed by atoms with E-state index in [9.17, 15) is 19.2 Å². The Morgan fingerprint density at radius 2 is 1.05 bits per heavy atom. The summed E-state index contributed by atoms with van der Waals surface area (Å²) in [6, 6.07) is -1.40. The predicted octanol–water partition coefficient (Wildman–Crippen LogP) is 10.9. The van der Waals surface area contributed by atoms with Crippen LogP contribution >= 0.6 is 0 Å². The van der Waals surface area contributed by atoms with E-state index in [2.05, 4.69) is 103 Å². The number of unbranched alkanes of at least 4 members (excludes halogenated alkanes) is 12. The molecule has 0 aliphatic rings. The van der Waals surface area contributed by atoms with Crippen LogP contribution in [0.25, 0.3) is 0 Å². The average molecular weight is 795 g/mol. The molecule has 2 unspecified atom stereocenters. The van der Waals surface area contributed by atoms with Gasteiger partial charge in [-0.2, -0.15) is 0 Å². The molecule has 2 amide bonds. The summed E-state index contributed by atoms with van der Waals surface area (Å²) in [5.41, 5.74) is 0. The number of esters is 1. The summed E-state index contributed by atoms with van der Waals surface area (Å²) >= 11 is 0. The number of amides is 2. The van der Waals surface area contributed by atoms with Gasteiger partial charge in [-0.25, -0.2) is 4.79 Å². The van der Waals surface area contributed by atoms with Crippen LogP contribution in [0.5, 0.6) is 0 Å². The normalized spacial score (nSPS) is 13.3. The number of carbonyl (C=O) groups excluding carboxylic acids is 3. The molecular weight excluding hydrogens is 717 g/mol. The zero-order valence-corrected chi connectivity index (χ0v) is 35.6. The molecule has 0 fully saturated rings. The molecule has 0 spiro atoms. The Balaban J connectivity index is 4.23. The zero-order valence-electron chi connectivity index (χ0n) is 35.6. The van der Waals surface area contributed by atoms with E-state index in [1.807, 2.05) is 6.08 Å². The number of aliphatic carboxylic acids is 1. The van der Waals surface area contributed by atoms with Gasteiger partial charge < -0.3 is 25.6 Å². The van der Waals surface area contributed by atoms with Crippen molar-refractivity contribution in [2.75, 3.05) is 13.2 Å². The van der Waals surface area contributed by atoms with Gasteiger partial charge in [0.15, 0.2) is 0 Å². The topological polar surface area (TPSA) is 142 Å². The number of allylic oxidation sites excluding steroid dienone is 13. The van der Waals surface area contributed by atoms with Crippen LogP contribution in [-0.2, 0) is 23.9 Å². The van der Waals surface area contributed by atoms with Gasteiger partial charge in [0.25, 0.3) is 0 Å². The largest absolute Gasteiger partial charge is 0.480 e. The number of ether oxygens (including phenoxy) is 1.